The normalized spacial score (nSPS) is 21.7. The quantitative estimate of drug-likeness (QED) is 0.688. The van der Waals surface area contributed by atoms with Crippen molar-refractivity contribution in [1.82, 2.24) is 0 Å². The van der Waals surface area contributed by atoms with Crippen molar-refractivity contribution in [2.45, 2.75) is 38.5 Å². The number of carbonyl (C=O) groups excluding carboxylic acids is 1. The molecule has 1 aromatic rings. The summed E-state index contributed by atoms with van der Waals surface area (Å²) in [6, 6.07) is 5.15. The summed E-state index contributed by atoms with van der Waals surface area (Å²) in [6.07, 6.45) is 3.59. The summed E-state index contributed by atoms with van der Waals surface area (Å²) in [5.41, 5.74) is 1.49. The fourth-order valence-electron chi connectivity index (χ4n) is 2.16. The average Bonchev–Trinajstić information content (AvgIpc) is 2.23. The highest BCUT2D eigenvalue weighted by Gasteiger charge is 2.24. The zero-order valence-corrected chi connectivity index (χ0v) is 8.92. The molecular weight excluding hydrogens is 191 g/mol. The zero-order valence-electron chi connectivity index (χ0n) is 8.92. The van der Waals surface area contributed by atoms with Gasteiger partial charge in [-0.1, -0.05) is 18.6 Å². The maximum atomic E-state index is 13.3. The van der Waals surface area contributed by atoms with Gasteiger partial charge >= 0.3 is 0 Å². The van der Waals surface area contributed by atoms with E-state index in [0.29, 0.717) is 12.0 Å². The van der Waals surface area contributed by atoms with E-state index in [9.17, 15) is 9.18 Å². The van der Waals surface area contributed by atoms with E-state index in [4.69, 9.17) is 0 Å². The lowest BCUT2D eigenvalue weighted by atomic mass is 9.83. The summed E-state index contributed by atoms with van der Waals surface area (Å²) < 4.78 is 13.3. The van der Waals surface area contributed by atoms with E-state index in [1.807, 2.05) is 6.07 Å². The third-order valence-corrected chi connectivity index (χ3v) is 3.15. The van der Waals surface area contributed by atoms with Gasteiger partial charge in [0, 0.05) is 12.3 Å². The Bertz CT molecular complexity index is 384. The second-order valence-electron chi connectivity index (χ2n) is 4.27. The molecule has 0 amide bonds. The Morgan fingerprint density at radius 2 is 2.13 bits per heavy atom. The molecule has 1 fully saturated rings. The summed E-state index contributed by atoms with van der Waals surface area (Å²) >= 11 is 0. The molecule has 0 aromatic heterocycles. The van der Waals surface area contributed by atoms with Crippen LogP contribution in [0.1, 0.15) is 42.7 Å². The molecule has 0 radical (unpaired) electrons. The first-order valence-corrected chi connectivity index (χ1v) is 5.47. The van der Waals surface area contributed by atoms with Gasteiger partial charge in [0.15, 0.2) is 0 Å². The van der Waals surface area contributed by atoms with Crippen LogP contribution in [0, 0.1) is 12.7 Å². The van der Waals surface area contributed by atoms with E-state index in [2.05, 4.69) is 0 Å². The molecule has 0 bridgehead atoms. The molecule has 2 rings (SSSR count). The highest BCUT2D eigenvalue weighted by Crippen LogP contribution is 2.30. The number of rotatable bonds is 1. The molecule has 0 saturated heterocycles. The van der Waals surface area contributed by atoms with E-state index >= 15 is 0 Å². The molecule has 0 aliphatic heterocycles. The largest absolute Gasteiger partial charge is 0.299 e. The third kappa shape index (κ3) is 2.09. The molecule has 1 aliphatic carbocycles. The SMILES string of the molecule is Cc1ccc(C2CCCCC2=O)cc1F. The number of ketones is 1. The molecule has 1 unspecified atom stereocenters. The third-order valence-electron chi connectivity index (χ3n) is 3.15. The highest BCUT2D eigenvalue weighted by atomic mass is 19.1. The van der Waals surface area contributed by atoms with Gasteiger partial charge < -0.3 is 0 Å². The highest BCUT2D eigenvalue weighted by molar-refractivity contribution is 5.86. The minimum atomic E-state index is -0.203. The van der Waals surface area contributed by atoms with Crippen LogP contribution in [0.3, 0.4) is 0 Å². The number of hydrogen-bond acceptors (Lipinski definition) is 1. The van der Waals surface area contributed by atoms with E-state index in [0.717, 1.165) is 24.8 Å². The molecule has 2 heteroatoms. The maximum absolute atomic E-state index is 13.3. The van der Waals surface area contributed by atoms with Crippen molar-refractivity contribution < 1.29 is 9.18 Å². The van der Waals surface area contributed by atoms with Crippen molar-refractivity contribution >= 4 is 5.78 Å². The lowest BCUT2D eigenvalue weighted by Crippen LogP contribution is -2.17. The average molecular weight is 206 g/mol. The minimum Gasteiger partial charge on any atom is -0.299 e. The van der Waals surface area contributed by atoms with Crippen LogP contribution in [-0.2, 0) is 4.79 Å². The maximum Gasteiger partial charge on any atom is 0.140 e. The summed E-state index contributed by atoms with van der Waals surface area (Å²) in [5, 5.41) is 0. The second-order valence-corrected chi connectivity index (χ2v) is 4.27. The predicted octanol–water partition coefficient (Wildman–Crippen LogP) is 3.36. The van der Waals surface area contributed by atoms with Crippen molar-refractivity contribution in [3.8, 4) is 0 Å². The number of Topliss-reactive ketones (excluding diaryl/α,β-unsaturated/α-hetero) is 1. The Kier molecular flexibility index (Phi) is 2.85. The fraction of sp³-hybridized carbons (Fsp3) is 0.462. The molecule has 15 heavy (non-hydrogen) atoms. The summed E-state index contributed by atoms with van der Waals surface area (Å²) in [4.78, 5) is 11.7. The Morgan fingerprint density at radius 1 is 1.33 bits per heavy atom. The van der Waals surface area contributed by atoms with E-state index < -0.39 is 0 Å². The summed E-state index contributed by atoms with van der Waals surface area (Å²) in [7, 11) is 0. The lowest BCUT2D eigenvalue weighted by Gasteiger charge is -2.20. The van der Waals surface area contributed by atoms with E-state index in [-0.39, 0.29) is 17.5 Å². The van der Waals surface area contributed by atoms with Crippen LogP contribution in [-0.4, -0.2) is 5.78 Å². The van der Waals surface area contributed by atoms with Gasteiger partial charge in [0.25, 0.3) is 0 Å². The summed E-state index contributed by atoms with van der Waals surface area (Å²) in [5.74, 6) is 0.00391. The van der Waals surface area contributed by atoms with Gasteiger partial charge in [-0.3, -0.25) is 4.79 Å². The number of halogens is 1. The van der Waals surface area contributed by atoms with Gasteiger partial charge in [0.05, 0.1) is 0 Å². The van der Waals surface area contributed by atoms with Gasteiger partial charge in [0.2, 0.25) is 0 Å². The van der Waals surface area contributed by atoms with Gasteiger partial charge in [0.1, 0.15) is 11.6 Å². The van der Waals surface area contributed by atoms with Crippen LogP contribution < -0.4 is 0 Å². The number of benzene rings is 1. The first-order valence-electron chi connectivity index (χ1n) is 5.47. The number of carbonyl (C=O) groups is 1. The van der Waals surface area contributed by atoms with Gasteiger partial charge in [-0.2, -0.15) is 0 Å². The molecule has 0 heterocycles. The first-order chi connectivity index (χ1) is 7.18. The van der Waals surface area contributed by atoms with Crippen molar-refractivity contribution in [3.63, 3.8) is 0 Å². The topological polar surface area (TPSA) is 17.1 Å². The molecule has 1 aliphatic rings. The van der Waals surface area contributed by atoms with Crippen molar-refractivity contribution in [1.29, 1.82) is 0 Å². The molecule has 1 aromatic carbocycles. The predicted molar refractivity (Wildman–Crippen MR) is 57.4 cm³/mol. The van der Waals surface area contributed by atoms with E-state index in [1.165, 1.54) is 6.07 Å². The summed E-state index contributed by atoms with van der Waals surface area (Å²) in [6.45, 7) is 1.74. The molecule has 80 valence electrons. The van der Waals surface area contributed by atoms with E-state index in [1.54, 1.807) is 13.0 Å². The molecular formula is C13H15FO. The van der Waals surface area contributed by atoms with Crippen molar-refractivity contribution in [2.24, 2.45) is 0 Å². The fourth-order valence-corrected chi connectivity index (χ4v) is 2.16. The van der Waals surface area contributed by atoms with Crippen molar-refractivity contribution in [3.05, 3.63) is 35.1 Å². The van der Waals surface area contributed by atoms with Crippen LogP contribution in [0.4, 0.5) is 4.39 Å². The van der Waals surface area contributed by atoms with Crippen LogP contribution >= 0.6 is 0 Å². The molecule has 1 saturated carbocycles. The Morgan fingerprint density at radius 3 is 2.80 bits per heavy atom. The zero-order chi connectivity index (χ0) is 10.8. The second kappa shape index (κ2) is 4.13. The van der Waals surface area contributed by atoms with Gasteiger partial charge in [-0.05, 0) is 37.0 Å². The Hall–Kier alpha value is -1.18. The van der Waals surface area contributed by atoms with Crippen LogP contribution in [0.2, 0.25) is 0 Å². The van der Waals surface area contributed by atoms with Crippen LogP contribution in [0.15, 0.2) is 18.2 Å². The van der Waals surface area contributed by atoms with Gasteiger partial charge in [-0.25, -0.2) is 4.39 Å². The monoisotopic (exact) mass is 206 g/mol. The van der Waals surface area contributed by atoms with Crippen molar-refractivity contribution in [2.75, 3.05) is 0 Å². The molecule has 0 N–H and O–H groups in total. The molecule has 0 spiro atoms. The minimum absolute atomic E-state index is 0.0613. The molecule has 1 nitrogen and oxygen atoms in total. The number of aryl methyl sites for hydroxylation is 1. The first kappa shape index (κ1) is 10.3. The Labute approximate surface area is 89.3 Å². The molecule has 1 atom stereocenters. The van der Waals surface area contributed by atoms with Crippen LogP contribution in [0.5, 0.6) is 0 Å². The number of hydrogen-bond donors (Lipinski definition) is 0. The lowest BCUT2D eigenvalue weighted by molar-refractivity contribution is -0.121. The Balaban J connectivity index is 2.28. The van der Waals surface area contributed by atoms with Gasteiger partial charge in [-0.15, -0.1) is 0 Å². The van der Waals surface area contributed by atoms with Crippen LogP contribution in [0.25, 0.3) is 0 Å². The smallest absolute Gasteiger partial charge is 0.140 e. The standard InChI is InChI=1S/C13H15FO/c1-9-6-7-10(8-12(9)14)11-4-2-3-5-13(11)15/h6-8,11H,2-5H2,1H3.